The molecule has 0 aliphatic carbocycles. The Morgan fingerprint density at radius 3 is 1.78 bits per heavy atom. The summed E-state index contributed by atoms with van der Waals surface area (Å²) < 4.78 is 74.6. The predicted octanol–water partition coefficient (Wildman–Crippen LogP) is 4.18. The van der Waals surface area contributed by atoms with Crippen LogP contribution in [0, 0.1) is 0 Å². The highest BCUT2D eigenvalue weighted by Gasteiger charge is 2.47. The molecule has 18 heavy (non-hydrogen) atoms. The molecule has 100 valence electrons. The van der Waals surface area contributed by atoms with Crippen LogP contribution in [0.5, 0.6) is 0 Å². The fourth-order valence-electron chi connectivity index (χ4n) is 1.33. The van der Waals surface area contributed by atoms with Crippen molar-refractivity contribution in [2.45, 2.75) is 12.4 Å². The number of halogens is 7. The zero-order chi connectivity index (χ0) is 14.3. The molecule has 0 amide bonds. The Balaban J connectivity index is 3.79. The van der Waals surface area contributed by atoms with Crippen LogP contribution in [0.25, 0.3) is 0 Å². The summed E-state index contributed by atoms with van der Waals surface area (Å²) in [7, 11) is 0. The van der Waals surface area contributed by atoms with Crippen LogP contribution in [0.1, 0.15) is 21.5 Å². The van der Waals surface area contributed by atoms with E-state index < -0.39 is 39.5 Å². The van der Waals surface area contributed by atoms with Crippen LogP contribution in [0.4, 0.5) is 26.3 Å². The van der Waals surface area contributed by atoms with E-state index in [9.17, 15) is 31.1 Å². The molecule has 0 saturated carbocycles. The number of aromatic carboxylic acids is 1. The standard InChI is InChI=1S/C9H3BrF6O2/c10-4-2-1-3(7(17)18)5(8(11,12)13)6(4)9(14,15)16/h1-2H,(H,17,18). The normalized spacial score (nSPS) is 12.6. The molecular weight excluding hydrogens is 334 g/mol. The van der Waals surface area contributed by atoms with Gasteiger partial charge in [0.25, 0.3) is 0 Å². The van der Waals surface area contributed by atoms with Crippen molar-refractivity contribution in [1.82, 2.24) is 0 Å². The molecule has 0 atom stereocenters. The maximum atomic E-state index is 12.6. The summed E-state index contributed by atoms with van der Waals surface area (Å²) in [6, 6.07) is 1.08. The Labute approximate surface area is 104 Å². The zero-order valence-corrected chi connectivity index (χ0v) is 9.74. The second-order valence-corrected chi connectivity index (χ2v) is 4.00. The number of rotatable bonds is 1. The third-order valence-corrected chi connectivity index (χ3v) is 2.61. The van der Waals surface area contributed by atoms with Crippen LogP contribution >= 0.6 is 15.9 Å². The van der Waals surface area contributed by atoms with Crippen molar-refractivity contribution < 1.29 is 36.2 Å². The number of hydrogen-bond donors (Lipinski definition) is 1. The molecular formula is C9H3BrF6O2. The van der Waals surface area contributed by atoms with Crippen molar-refractivity contribution in [1.29, 1.82) is 0 Å². The van der Waals surface area contributed by atoms with Crippen LogP contribution < -0.4 is 0 Å². The molecule has 2 nitrogen and oxygen atoms in total. The largest absolute Gasteiger partial charge is 0.478 e. The van der Waals surface area contributed by atoms with Crippen LogP contribution in [0.15, 0.2) is 16.6 Å². The van der Waals surface area contributed by atoms with E-state index in [1.807, 2.05) is 0 Å². The van der Waals surface area contributed by atoms with Crippen molar-refractivity contribution in [3.05, 3.63) is 33.3 Å². The average Bonchev–Trinajstić information content (AvgIpc) is 2.13. The molecule has 0 aromatic heterocycles. The summed E-state index contributed by atoms with van der Waals surface area (Å²) in [4.78, 5) is 10.6. The number of carboxylic acid groups (broad SMARTS) is 1. The van der Waals surface area contributed by atoms with Gasteiger partial charge in [-0.25, -0.2) is 4.79 Å². The summed E-state index contributed by atoms with van der Waals surface area (Å²) in [6.45, 7) is 0. The summed E-state index contributed by atoms with van der Waals surface area (Å²) in [5.74, 6) is -2.08. The van der Waals surface area contributed by atoms with E-state index in [-0.39, 0.29) is 0 Å². The lowest BCUT2D eigenvalue weighted by Crippen LogP contribution is -2.21. The predicted molar refractivity (Wildman–Crippen MR) is 51.1 cm³/mol. The van der Waals surface area contributed by atoms with Crippen LogP contribution in [0.3, 0.4) is 0 Å². The highest BCUT2D eigenvalue weighted by molar-refractivity contribution is 9.10. The minimum Gasteiger partial charge on any atom is -0.478 e. The molecule has 0 unspecified atom stereocenters. The van der Waals surface area contributed by atoms with Gasteiger partial charge >= 0.3 is 18.3 Å². The van der Waals surface area contributed by atoms with Gasteiger partial charge in [0.05, 0.1) is 16.7 Å². The van der Waals surface area contributed by atoms with Crippen LogP contribution in [-0.4, -0.2) is 11.1 Å². The first-order valence-electron chi connectivity index (χ1n) is 4.16. The lowest BCUT2D eigenvalue weighted by Gasteiger charge is -2.18. The van der Waals surface area contributed by atoms with Crippen molar-refractivity contribution in [2.75, 3.05) is 0 Å². The SMILES string of the molecule is O=C(O)c1ccc(Br)c(C(F)(F)F)c1C(F)(F)F. The molecule has 1 N–H and O–H groups in total. The van der Waals surface area contributed by atoms with Crippen LogP contribution in [-0.2, 0) is 12.4 Å². The van der Waals surface area contributed by atoms with Gasteiger partial charge in [-0.1, -0.05) is 15.9 Å². The summed E-state index contributed by atoms with van der Waals surface area (Å²) in [5, 5.41) is 8.53. The highest BCUT2D eigenvalue weighted by Crippen LogP contribution is 2.45. The third-order valence-electron chi connectivity index (χ3n) is 1.95. The van der Waals surface area contributed by atoms with Gasteiger partial charge in [-0.3, -0.25) is 0 Å². The molecule has 0 bridgehead atoms. The molecule has 0 fully saturated rings. The molecule has 1 aromatic carbocycles. The number of carboxylic acids is 1. The zero-order valence-electron chi connectivity index (χ0n) is 8.16. The summed E-state index contributed by atoms with van der Waals surface area (Å²) in [5.41, 5.74) is -5.70. The van der Waals surface area contributed by atoms with E-state index >= 15 is 0 Å². The lowest BCUT2D eigenvalue weighted by molar-refractivity contribution is -0.162. The van der Waals surface area contributed by atoms with Gasteiger partial charge in [0.2, 0.25) is 0 Å². The smallest absolute Gasteiger partial charge is 0.418 e. The van der Waals surface area contributed by atoms with E-state index in [1.54, 1.807) is 0 Å². The Hall–Kier alpha value is -1.25. The maximum absolute atomic E-state index is 12.6. The topological polar surface area (TPSA) is 37.3 Å². The van der Waals surface area contributed by atoms with Gasteiger partial charge in [-0.2, -0.15) is 26.3 Å². The average molecular weight is 337 g/mol. The Morgan fingerprint density at radius 1 is 1.00 bits per heavy atom. The van der Waals surface area contributed by atoms with E-state index in [0.29, 0.717) is 12.1 Å². The van der Waals surface area contributed by atoms with Gasteiger partial charge in [0, 0.05) is 4.47 Å². The first-order valence-corrected chi connectivity index (χ1v) is 4.95. The van der Waals surface area contributed by atoms with Gasteiger partial charge in [-0.15, -0.1) is 0 Å². The van der Waals surface area contributed by atoms with Crippen molar-refractivity contribution in [3.8, 4) is 0 Å². The molecule has 0 heterocycles. The van der Waals surface area contributed by atoms with Crippen LogP contribution in [0.2, 0.25) is 0 Å². The molecule has 0 saturated heterocycles. The first kappa shape index (κ1) is 14.8. The van der Waals surface area contributed by atoms with Crippen molar-refractivity contribution in [2.24, 2.45) is 0 Å². The second kappa shape index (κ2) is 4.45. The maximum Gasteiger partial charge on any atom is 0.418 e. The Bertz CT molecular complexity index is 491. The minimum atomic E-state index is -5.43. The van der Waals surface area contributed by atoms with Crippen molar-refractivity contribution >= 4 is 21.9 Å². The molecule has 0 aliphatic heterocycles. The lowest BCUT2D eigenvalue weighted by atomic mass is 10.00. The highest BCUT2D eigenvalue weighted by atomic mass is 79.9. The monoisotopic (exact) mass is 336 g/mol. The van der Waals surface area contributed by atoms with Gasteiger partial charge in [0.15, 0.2) is 0 Å². The fraction of sp³-hybridized carbons (Fsp3) is 0.222. The van der Waals surface area contributed by atoms with Crippen molar-refractivity contribution in [3.63, 3.8) is 0 Å². The number of hydrogen-bond acceptors (Lipinski definition) is 1. The second-order valence-electron chi connectivity index (χ2n) is 3.15. The molecule has 0 spiro atoms. The summed E-state index contributed by atoms with van der Waals surface area (Å²) in [6.07, 6.45) is -10.8. The molecule has 9 heteroatoms. The first-order chi connectivity index (χ1) is 7.96. The number of benzene rings is 1. The number of alkyl halides is 6. The Kier molecular flexibility index (Phi) is 3.66. The van der Waals surface area contributed by atoms with E-state index in [0.717, 1.165) is 0 Å². The van der Waals surface area contributed by atoms with E-state index in [1.165, 1.54) is 0 Å². The molecule has 1 aromatic rings. The van der Waals surface area contributed by atoms with Gasteiger partial charge in [0.1, 0.15) is 0 Å². The van der Waals surface area contributed by atoms with Gasteiger partial charge in [-0.05, 0) is 12.1 Å². The molecule has 0 radical (unpaired) electrons. The molecule has 1 rings (SSSR count). The molecule has 0 aliphatic rings. The minimum absolute atomic E-state index is 0.463. The third kappa shape index (κ3) is 2.77. The van der Waals surface area contributed by atoms with E-state index in [2.05, 4.69) is 15.9 Å². The number of carbonyl (C=O) groups is 1. The van der Waals surface area contributed by atoms with E-state index in [4.69, 9.17) is 5.11 Å². The fourth-order valence-corrected chi connectivity index (χ4v) is 1.88. The quantitative estimate of drug-likeness (QED) is 0.781. The summed E-state index contributed by atoms with van der Waals surface area (Å²) >= 11 is 2.35. The Morgan fingerprint density at radius 2 is 1.44 bits per heavy atom. The van der Waals surface area contributed by atoms with Gasteiger partial charge < -0.3 is 5.11 Å².